The van der Waals surface area contributed by atoms with Crippen molar-refractivity contribution in [1.82, 2.24) is 5.06 Å². The number of aryl methyl sites for hydroxylation is 1. The molecule has 0 N–H and O–H groups in total. The number of hydrogen-bond acceptors (Lipinski definition) is 4. The summed E-state index contributed by atoms with van der Waals surface area (Å²) in [7, 11) is 0. The fraction of sp³-hybridized carbons (Fsp3) is 0.368. The molecule has 8 heteroatoms. The van der Waals surface area contributed by atoms with Crippen molar-refractivity contribution in [3.63, 3.8) is 0 Å². The van der Waals surface area contributed by atoms with Gasteiger partial charge >= 0.3 is 5.51 Å². The molecule has 0 spiro atoms. The van der Waals surface area contributed by atoms with Crippen molar-refractivity contribution >= 4 is 34.6 Å². The fourth-order valence-electron chi connectivity index (χ4n) is 3.20. The van der Waals surface area contributed by atoms with Crippen LogP contribution in [-0.4, -0.2) is 22.4 Å². The number of benzene rings is 2. The Morgan fingerprint density at radius 2 is 1.78 bits per heavy atom. The topological polar surface area (TPSA) is 46.6 Å². The summed E-state index contributed by atoms with van der Waals surface area (Å²) >= 11 is -0.880. The first-order chi connectivity index (χ1) is 12.8. The van der Waals surface area contributed by atoms with Gasteiger partial charge in [-0.1, -0.05) is 44.4 Å². The largest absolute Gasteiger partial charge is 0.470 e. The summed E-state index contributed by atoms with van der Waals surface area (Å²) in [4.78, 5) is 25.1. The Bertz CT molecular complexity index is 882. The lowest BCUT2D eigenvalue weighted by Crippen LogP contribution is -2.39. The minimum absolute atomic E-state index is 0.155. The van der Waals surface area contributed by atoms with E-state index in [1.807, 2.05) is 6.07 Å². The third kappa shape index (κ3) is 4.27. The van der Waals surface area contributed by atoms with Crippen LogP contribution in [0.5, 0.6) is 0 Å². The van der Waals surface area contributed by atoms with Crippen LogP contribution in [0.25, 0.3) is 10.8 Å². The van der Waals surface area contributed by atoms with E-state index in [1.54, 1.807) is 18.2 Å². The second-order valence-corrected chi connectivity index (χ2v) is 7.14. The molecule has 3 rings (SSSR count). The summed E-state index contributed by atoms with van der Waals surface area (Å²) in [6.07, 6.45) is 5.00. The Kier molecular flexibility index (Phi) is 5.76. The summed E-state index contributed by atoms with van der Waals surface area (Å²) in [6.45, 7) is 2.12. The number of alkyl halides is 3. The zero-order valence-corrected chi connectivity index (χ0v) is 15.5. The molecule has 4 nitrogen and oxygen atoms in total. The minimum atomic E-state index is -4.73. The lowest BCUT2D eigenvalue weighted by Gasteiger charge is -2.25. The number of unbranched alkanes of at least 4 members (excludes halogenated alkanes) is 3. The maximum absolute atomic E-state index is 12.7. The number of nitrogens with zero attached hydrogens (tertiary/aromatic N) is 1. The number of hydrogen-bond donors (Lipinski definition) is 0. The number of carbonyl (C=O) groups is 2. The molecule has 1 heterocycles. The number of rotatable bonds is 7. The van der Waals surface area contributed by atoms with Crippen molar-refractivity contribution in [2.75, 3.05) is 0 Å². The first-order valence-electron chi connectivity index (χ1n) is 8.69. The van der Waals surface area contributed by atoms with Crippen LogP contribution in [0.15, 0.2) is 30.3 Å². The first kappa shape index (κ1) is 19.7. The van der Waals surface area contributed by atoms with Gasteiger partial charge in [0, 0.05) is 5.39 Å². The Balaban J connectivity index is 1.95. The summed E-state index contributed by atoms with van der Waals surface area (Å²) in [6, 6.07) is 8.50. The van der Waals surface area contributed by atoms with Crippen LogP contribution in [0, 0.1) is 0 Å². The van der Waals surface area contributed by atoms with Crippen molar-refractivity contribution in [3.05, 3.63) is 47.0 Å². The van der Waals surface area contributed by atoms with Crippen molar-refractivity contribution < 1.29 is 27.0 Å². The summed E-state index contributed by atoms with van der Waals surface area (Å²) in [5, 5.41) is 1.37. The molecule has 0 atom stereocenters. The molecule has 2 amide bonds. The lowest BCUT2D eigenvalue weighted by atomic mass is 9.91. The third-order valence-corrected chi connectivity index (χ3v) is 4.80. The van der Waals surface area contributed by atoms with E-state index in [9.17, 15) is 22.8 Å². The molecule has 0 saturated heterocycles. The average molecular weight is 397 g/mol. The maximum Gasteiger partial charge on any atom is 0.470 e. The lowest BCUT2D eigenvalue weighted by molar-refractivity contribution is -0.0570. The normalized spacial score (nSPS) is 14.3. The van der Waals surface area contributed by atoms with Gasteiger partial charge in [-0.05, 0) is 35.9 Å². The van der Waals surface area contributed by atoms with E-state index in [0.717, 1.165) is 43.1 Å². The predicted octanol–water partition coefficient (Wildman–Crippen LogP) is 5.66. The van der Waals surface area contributed by atoms with Crippen LogP contribution < -0.4 is 0 Å². The molecule has 0 aliphatic carbocycles. The molecule has 0 unspecified atom stereocenters. The van der Waals surface area contributed by atoms with Crippen molar-refractivity contribution in [1.29, 1.82) is 0 Å². The minimum Gasteiger partial charge on any atom is -0.266 e. The number of imide groups is 1. The zero-order chi connectivity index (χ0) is 19.6. The molecule has 0 saturated carbocycles. The standard InChI is InChI=1S/C19H18F3NO3S/c1-2-3-4-5-7-12-10-13-8-6-9-14-16(13)15(11-12)18(25)23(17(14)24)26-27-19(20,21)22/h6,8-11H,2-5,7H2,1H3. The van der Waals surface area contributed by atoms with Gasteiger partial charge in [0.15, 0.2) is 0 Å². The van der Waals surface area contributed by atoms with E-state index in [4.69, 9.17) is 0 Å². The molecular weight excluding hydrogens is 379 g/mol. The molecule has 144 valence electrons. The first-order valence-corrected chi connectivity index (χ1v) is 9.43. The number of halogens is 3. The number of amides is 2. The van der Waals surface area contributed by atoms with Gasteiger partial charge in [-0.2, -0.15) is 17.5 Å². The summed E-state index contributed by atoms with van der Waals surface area (Å²) < 4.78 is 41.8. The highest BCUT2D eigenvalue weighted by Crippen LogP contribution is 2.36. The van der Waals surface area contributed by atoms with E-state index in [1.165, 1.54) is 6.07 Å². The molecule has 27 heavy (non-hydrogen) atoms. The molecule has 2 aromatic rings. The Morgan fingerprint density at radius 1 is 1.04 bits per heavy atom. The fourth-order valence-corrected chi connectivity index (χ4v) is 3.49. The Hall–Kier alpha value is -2.06. The van der Waals surface area contributed by atoms with Crippen LogP contribution in [-0.2, 0) is 10.7 Å². The molecule has 0 fully saturated rings. The van der Waals surface area contributed by atoms with Crippen molar-refractivity contribution in [3.8, 4) is 0 Å². The van der Waals surface area contributed by atoms with Crippen molar-refractivity contribution in [2.24, 2.45) is 0 Å². The maximum atomic E-state index is 12.7. The van der Waals surface area contributed by atoms with E-state index < -0.39 is 29.4 Å². The van der Waals surface area contributed by atoms with Crippen molar-refractivity contribution in [2.45, 2.75) is 44.5 Å². The molecule has 0 radical (unpaired) electrons. The molecule has 0 aromatic heterocycles. The molecule has 1 aliphatic rings. The second kappa shape index (κ2) is 7.90. The Labute approximate surface area is 158 Å². The van der Waals surface area contributed by atoms with Gasteiger partial charge in [0.25, 0.3) is 11.8 Å². The van der Waals surface area contributed by atoms with E-state index in [2.05, 4.69) is 11.2 Å². The Morgan fingerprint density at radius 3 is 2.48 bits per heavy atom. The number of hydroxylamine groups is 2. The molecular formula is C19H18F3NO3S. The third-order valence-electron chi connectivity index (χ3n) is 4.39. The average Bonchev–Trinajstić information content (AvgIpc) is 2.62. The highest BCUT2D eigenvalue weighted by atomic mass is 32.2. The van der Waals surface area contributed by atoms with Gasteiger partial charge in [-0.25, -0.2) is 0 Å². The molecule has 1 aliphatic heterocycles. The summed E-state index contributed by atoms with van der Waals surface area (Å²) in [5.74, 6) is -1.78. The zero-order valence-electron chi connectivity index (χ0n) is 14.6. The van der Waals surface area contributed by atoms with Crippen LogP contribution >= 0.6 is 12.0 Å². The van der Waals surface area contributed by atoms with Gasteiger partial charge in [-0.3, -0.25) is 9.59 Å². The molecule has 2 aromatic carbocycles. The second-order valence-electron chi connectivity index (χ2n) is 6.37. The van der Waals surface area contributed by atoms with E-state index in [0.29, 0.717) is 5.39 Å². The van der Waals surface area contributed by atoms with E-state index >= 15 is 0 Å². The van der Waals surface area contributed by atoms with Crippen LogP contribution in [0.4, 0.5) is 13.2 Å². The van der Waals surface area contributed by atoms with E-state index in [-0.39, 0.29) is 16.2 Å². The van der Waals surface area contributed by atoms with Crippen LogP contribution in [0.1, 0.15) is 58.9 Å². The van der Waals surface area contributed by atoms with Gasteiger partial charge in [0.1, 0.15) is 12.0 Å². The van der Waals surface area contributed by atoms with Gasteiger partial charge in [-0.15, -0.1) is 5.06 Å². The number of carbonyl (C=O) groups excluding carboxylic acids is 2. The van der Waals surface area contributed by atoms with Crippen LogP contribution in [0.3, 0.4) is 0 Å². The monoisotopic (exact) mass is 397 g/mol. The smallest absolute Gasteiger partial charge is 0.266 e. The highest BCUT2D eigenvalue weighted by Gasteiger charge is 2.39. The van der Waals surface area contributed by atoms with Crippen LogP contribution in [0.2, 0.25) is 0 Å². The SMILES string of the molecule is CCCCCCc1cc2c3c(cccc3c1)C(=O)N(OSC(F)(F)F)C2=O. The quantitative estimate of drug-likeness (QED) is 0.344. The highest BCUT2D eigenvalue weighted by molar-refractivity contribution is 7.95. The predicted molar refractivity (Wildman–Crippen MR) is 97.0 cm³/mol. The van der Waals surface area contributed by atoms with Gasteiger partial charge < -0.3 is 0 Å². The molecule has 0 bridgehead atoms. The van der Waals surface area contributed by atoms with Gasteiger partial charge in [0.05, 0.1) is 11.1 Å². The summed E-state index contributed by atoms with van der Waals surface area (Å²) in [5.41, 5.74) is -3.47. The van der Waals surface area contributed by atoms with Gasteiger partial charge in [0.2, 0.25) is 0 Å².